The molecule has 0 nitrogen and oxygen atoms in total. The average Bonchev–Trinajstić information content (AvgIpc) is 1.68. The Morgan fingerprint density at radius 3 is 1.75 bits per heavy atom. The zero-order valence-corrected chi connectivity index (χ0v) is 6.75. The Hall–Kier alpha value is 0.350. The van der Waals surface area contributed by atoms with Crippen molar-refractivity contribution in [2.24, 2.45) is 0 Å². The molecule has 0 radical (unpaired) electrons. The Morgan fingerprint density at radius 1 is 1.12 bits per heavy atom. The Morgan fingerprint density at radius 2 is 1.50 bits per heavy atom. The molecule has 0 aliphatic heterocycles. The lowest BCUT2D eigenvalue weighted by molar-refractivity contribution is 0.676. The first kappa shape index (κ1) is 8.35. The molecule has 0 unspecified atom stereocenters. The van der Waals surface area contributed by atoms with Crippen molar-refractivity contribution in [3.63, 3.8) is 0 Å². The maximum absolute atomic E-state index is 4.39. The zero-order chi connectivity index (χ0) is 6.41. The van der Waals surface area contributed by atoms with Crippen molar-refractivity contribution >= 4 is 12.6 Å². The van der Waals surface area contributed by atoms with Gasteiger partial charge in [-0.25, -0.2) is 0 Å². The van der Waals surface area contributed by atoms with E-state index in [1.807, 2.05) is 0 Å². The predicted octanol–water partition coefficient (Wildman–Crippen LogP) is 2.89. The summed E-state index contributed by atoms with van der Waals surface area (Å²) in [4.78, 5) is 0. The van der Waals surface area contributed by atoms with Gasteiger partial charge in [0.05, 0.1) is 0 Å². The van der Waals surface area contributed by atoms with Crippen molar-refractivity contribution in [2.75, 3.05) is 0 Å². The highest BCUT2D eigenvalue weighted by Gasteiger charge is 1.96. The molecule has 50 valence electrons. The quantitative estimate of drug-likeness (QED) is 0.559. The fraction of sp³-hybridized carbons (Fsp3) is 1.00. The van der Waals surface area contributed by atoms with Crippen molar-refractivity contribution in [2.45, 2.75) is 44.8 Å². The summed E-state index contributed by atoms with van der Waals surface area (Å²) in [5, 5.41) is 0.657. The first-order chi connectivity index (χ1) is 3.81. The third kappa shape index (κ3) is 4.51. The molecule has 0 aliphatic rings. The van der Waals surface area contributed by atoms with E-state index in [-0.39, 0.29) is 0 Å². The van der Waals surface area contributed by atoms with Crippen LogP contribution in [0.1, 0.15) is 39.5 Å². The van der Waals surface area contributed by atoms with Gasteiger partial charge in [-0.3, -0.25) is 0 Å². The molecule has 0 spiro atoms. The summed E-state index contributed by atoms with van der Waals surface area (Å²) in [6.07, 6.45) is 5.09. The maximum atomic E-state index is 4.39. The van der Waals surface area contributed by atoms with Gasteiger partial charge in [0.15, 0.2) is 0 Å². The Labute approximate surface area is 58.1 Å². The van der Waals surface area contributed by atoms with E-state index in [0.29, 0.717) is 5.25 Å². The summed E-state index contributed by atoms with van der Waals surface area (Å²) in [7, 11) is 0. The van der Waals surface area contributed by atoms with Crippen LogP contribution in [-0.2, 0) is 0 Å². The number of hydrogen-bond acceptors (Lipinski definition) is 1. The molecule has 0 N–H and O–H groups in total. The van der Waals surface area contributed by atoms with Gasteiger partial charge in [-0.2, -0.15) is 12.6 Å². The highest BCUT2D eigenvalue weighted by atomic mass is 32.1. The molecule has 0 heterocycles. The molecular weight excluding hydrogens is 116 g/mol. The van der Waals surface area contributed by atoms with Crippen molar-refractivity contribution in [3.05, 3.63) is 0 Å². The summed E-state index contributed by atoms with van der Waals surface area (Å²) in [5.74, 6) is 0. The molecule has 0 aromatic rings. The first-order valence-electron chi connectivity index (χ1n) is 3.49. The molecule has 0 saturated heterocycles. The molecular formula is C7H16S. The number of thiol groups is 1. The van der Waals surface area contributed by atoms with Gasteiger partial charge >= 0.3 is 0 Å². The fourth-order valence-electron chi connectivity index (χ4n) is 0.811. The van der Waals surface area contributed by atoms with Crippen molar-refractivity contribution in [1.29, 1.82) is 0 Å². The van der Waals surface area contributed by atoms with E-state index in [0.717, 1.165) is 0 Å². The van der Waals surface area contributed by atoms with E-state index in [9.17, 15) is 0 Å². The Bertz CT molecular complexity index is 37.7. The van der Waals surface area contributed by atoms with E-state index in [4.69, 9.17) is 0 Å². The predicted molar refractivity (Wildman–Crippen MR) is 42.6 cm³/mol. The van der Waals surface area contributed by atoms with E-state index in [1.54, 1.807) is 0 Å². The van der Waals surface area contributed by atoms with E-state index >= 15 is 0 Å². The molecule has 0 amide bonds. The molecule has 0 saturated carbocycles. The number of hydrogen-bond donors (Lipinski definition) is 1. The van der Waals surface area contributed by atoms with Crippen LogP contribution in [0, 0.1) is 0 Å². The van der Waals surface area contributed by atoms with Crippen LogP contribution in [-0.4, -0.2) is 5.25 Å². The monoisotopic (exact) mass is 132 g/mol. The Balaban J connectivity index is 2.92. The summed E-state index contributed by atoms with van der Waals surface area (Å²) in [6, 6.07) is 0. The lowest BCUT2D eigenvalue weighted by Gasteiger charge is -2.04. The maximum Gasteiger partial charge on any atom is 0.00166 e. The van der Waals surface area contributed by atoms with Gasteiger partial charge in [0.2, 0.25) is 0 Å². The van der Waals surface area contributed by atoms with Crippen molar-refractivity contribution < 1.29 is 0 Å². The summed E-state index contributed by atoms with van der Waals surface area (Å²) in [5.41, 5.74) is 0. The van der Waals surface area contributed by atoms with Crippen LogP contribution >= 0.6 is 12.6 Å². The van der Waals surface area contributed by atoms with Gasteiger partial charge in [0, 0.05) is 5.25 Å². The molecule has 0 fully saturated rings. The molecule has 8 heavy (non-hydrogen) atoms. The van der Waals surface area contributed by atoms with Gasteiger partial charge in [-0.05, 0) is 12.8 Å². The van der Waals surface area contributed by atoms with Crippen molar-refractivity contribution in [1.82, 2.24) is 0 Å². The average molecular weight is 132 g/mol. The third-order valence-corrected chi connectivity index (χ3v) is 1.76. The normalized spacial score (nSPS) is 10.5. The van der Waals surface area contributed by atoms with Crippen molar-refractivity contribution in [3.8, 4) is 0 Å². The van der Waals surface area contributed by atoms with Gasteiger partial charge in [-0.15, -0.1) is 0 Å². The highest BCUT2D eigenvalue weighted by Crippen LogP contribution is 2.09. The molecule has 1 heteroatoms. The van der Waals surface area contributed by atoms with Crippen LogP contribution in [0.2, 0.25) is 0 Å². The minimum atomic E-state index is 0.657. The van der Waals surface area contributed by atoms with Crippen LogP contribution in [0.4, 0.5) is 0 Å². The lowest BCUT2D eigenvalue weighted by atomic mass is 10.2. The van der Waals surface area contributed by atoms with Crippen LogP contribution in [0.5, 0.6) is 0 Å². The molecule has 0 aromatic heterocycles. The Kier molecular flexibility index (Phi) is 5.73. The van der Waals surface area contributed by atoms with Gasteiger partial charge < -0.3 is 0 Å². The highest BCUT2D eigenvalue weighted by molar-refractivity contribution is 7.80. The second kappa shape index (κ2) is 5.49. The third-order valence-electron chi connectivity index (χ3n) is 1.24. The molecule has 0 rings (SSSR count). The second-order valence-electron chi connectivity index (χ2n) is 2.23. The molecule has 0 bridgehead atoms. The lowest BCUT2D eigenvalue weighted by Crippen LogP contribution is -1.95. The molecule has 0 atom stereocenters. The second-order valence-corrected chi connectivity index (χ2v) is 2.96. The minimum absolute atomic E-state index is 0.657. The summed E-state index contributed by atoms with van der Waals surface area (Å²) >= 11 is 4.39. The van der Waals surface area contributed by atoms with Crippen LogP contribution < -0.4 is 0 Å². The van der Waals surface area contributed by atoms with E-state index < -0.39 is 0 Å². The first-order valence-corrected chi connectivity index (χ1v) is 4.01. The van der Waals surface area contributed by atoms with Gasteiger partial charge in [-0.1, -0.05) is 26.7 Å². The zero-order valence-electron chi connectivity index (χ0n) is 5.85. The van der Waals surface area contributed by atoms with Gasteiger partial charge in [0.25, 0.3) is 0 Å². The van der Waals surface area contributed by atoms with Gasteiger partial charge in [0.1, 0.15) is 0 Å². The smallest absolute Gasteiger partial charge is 0.00166 e. The summed E-state index contributed by atoms with van der Waals surface area (Å²) in [6.45, 7) is 4.41. The fourth-order valence-corrected chi connectivity index (χ4v) is 1.33. The summed E-state index contributed by atoms with van der Waals surface area (Å²) < 4.78 is 0. The number of rotatable bonds is 4. The van der Waals surface area contributed by atoms with Crippen LogP contribution in [0.3, 0.4) is 0 Å². The van der Waals surface area contributed by atoms with E-state index in [1.165, 1.54) is 25.7 Å². The minimum Gasteiger partial charge on any atom is -0.176 e. The van der Waals surface area contributed by atoms with Crippen LogP contribution in [0.25, 0.3) is 0 Å². The largest absolute Gasteiger partial charge is 0.176 e. The standard InChI is InChI=1S/C7H16S/c1-3-5-7(8)6-4-2/h7-8H,3-6H2,1-2H3. The molecule has 0 aliphatic carbocycles. The topological polar surface area (TPSA) is 0 Å². The van der Waals surface area contributed by atoms with E-state index in [2.05, 4.69) is 26.5 Å². The SMILES string of the molecule is CCCC(S)CCC. The van der Waals surface area contributed by atoms with Crippen LogP contribution in [0.15, 0.2) is 0 Å². The molecule has 0 aromatic carbocycles.